The van der Waals surface area contributed by atoms with E-state index in [-0.39, 0.29) is 5.82 Å². The van der Waals surface area contributed by atoms with Crippen molar-refractivity contribution in [2.24, 2.45) is 5.18 Å². The van der Waals surface area contributed by atoms with Gasteiger partial charge in [-0.25, -0.2) is 4.98 Å². The smallest absolute Gasteiger partial charge is 0.209 e. The predicted octanol–water partition coefficient (Wildman–Crippen LogP) is 5.18. The number of fused-ring (bicyclic) bond motifs is 1. The minimum absolute atomic E-state index is 0.268. The maximum atomic E-state index is 11.2. The lowest BCUT2D eigenvalue weighted by Crippen LogP contribution is -1.87. The lowest BCUT2D eigenvalue weighted by molar-refractivity contribution is 0.867. The number of nitroso groups, excluding NO2 is 1. The fourth-order valence-corrected chi connectivity index (χ4v) is 2.47. The molecule has 3 rings (SSSR count). The maximum Gasteiger partial charge on any atom is 0.209 e. The van der Waals surface area contributed by atoms with Crippen molar-refractivity contribution in [1.82, 2.24) is 9.38 Å². The molecule has 0 amide bonds. The van der Waals surface area contributed by atoms with Crippen LogP contribution in [0.15, 0.2) is 47.8 Å². The minimum Gasteiger partial charge on any atom is -0.280 e. The van der Waals surface area contributed by atoms with Gasteiger partial charge in [0.1, 0.15) is 11.3 Å². The van der Waals surface area contributed by atoms with Crippen LogP contribution in [0, 0.1) is 4.91 Å². The summed E-state index contributed by atoms with van der Waals surface area (Å²) in [5.74, 6) is 0.729. The molecule has 0 radical (unpaired) electrons. The van der Waals surface area contributed by atoms with E-state index in [4.69, 9.17) is 11.6 Å². The van der Waals surface area contributed by atoms with Gasteiger partial charge in [0.2, 0.25) is 5.82 Å². The van der Waals surface area contributed by atoms with Gasteiger partial charge in [-0.1, -0.05) is 49.7 Å². The van der Waals surface area contributed by atoms with Crippen LogP contribution in [0.1, 0.15) is 25.3 Å². The second-order valence-electron chi connectivity index (χ2n) is 5.23. The first-order valence-electron chi connectivity index (χ1n) is 6.71. The Morgan fingerprint density at radius 2 is 1.86 bits per heavy atom. The molecule has 106 valence electrons. The van der Waals surface area contributed by atoms with E-state index in [1.165, 1.54) is 5.56 Å². The van der Waals surface area contributed by atoms with Crippen LogP contribution in [0.5, 0.6) is 0 Å². The molecule has 4 nitrogen and oxygen atoms in total. The Bertz CT molecular complexity index is 806. The summed E-state index contributed by atoms with van der Waals surface area (Å²) in [6.07, 6.45) is 1.65. The molecular weight excluding hydrogens is 286 g/mol. The van der Waals surface area contributed by atoms with Crippen molar-refractivity contribution in [2.75, 3.05) is 0 Å². The Balaban J connectivity index is 2.17. The highest BCUT2D eigenvalue weighted by atomic mass is 35.5. The van der Waals surface area contributed by atoms with Crippen molar-refractivity contribution in [3.8, 4) is 11.3 Å². The number of aromatic nitrogens is 2. The second-order valence-corrected chi connectivity index (χ2v) is 5.66. The summed E-state index contributed by atoms with van der Waals surface area (Å²) < 4.78 is 1.61. The summed E-state index contributed by atoms with van der Waals surface area (Å²) in [7, 11) is 0. The van der Waals surface area contributed by atoms with Crippen molar-refractivity contribution in [3.05, 3.63) is 58.1 Å². The highest BCUT2D eigenvalue weighted by Gasteiger charge is 2.15. The van der Waals surface area contributed by atoms with Gasteiger partial charge in [0.25, 0.3) is 0 Å². The average molecular weight is 300 g/mol. The molecule has 0 aliphatic rings. The molecule has 0 atom stereocenters. The Labute approximate surface area is 127 Å². The molecule has 0 aliphatic heterocycles. The number of hydrogen-bond donors (Lipinski definition) is 0. The number of hydrogen-bond acceptors (Lipinski definition) is 3. The molecule has 1 aromatic carbocycles. The Kier molecular flexibility index (Phi) is 3.47. The average Bonchev–Trinajstić information content (AvgIpc) is 2.85. The summed E-state index contributed by atoms with van der Waals surface area (Å²) in [4.78, 5) is 15.7. The first-order valence-corrected chi connectivity index (χ1v) is 7.09. The van der Waals surface area contributed by atoms with Gasteiger partial charge >= 0.3 is 0 Å². The SMILES string of the molecule is CC(C)c1ccc(-c2nc3ccc(Cl)cn3c2N=O)cc1. The third-order valence-electron chi connectivity index (χ3n) is 3.49. The van der Waals surface area contributed by atoms with Gasteiger partial charge in [0.15, 0.2) is 0 Å². The van der Waals surface area contributed by atoms with Crippen molar-refractivity contribution in [3.63, 3.8) is 0 Å². The number of imidazole rings is 1. The van der Waals surface area contributed by atoms with E-state index in [9.17, 15) is 4.91 Å². The van der Waals surface area contributed by atoms with Crippen molar-refractivity contribution >= 4 is 23.1 Å². The van der Waals surface area contributed by atoms with Gasteiger partial charge in [0, 0.05) is 11.8 Å². The fourth-order valence-electron chi connectivity index (χ4n) is 2.31. The molecule has 0 unspecified atom stereocenters. The Morgan fingerprint density at radius 1 is 1.14 bits per heavy atom. The summed E-state index contributed by atoms with van der Waals surface area (Å²) in [5.41, 5.74) is 3.33. The van der Waals surface area contributed by atoms with E-state index in [2.05, 4.69) is 24.0 Å². The second kappa shape index (κ2) is 5.30. The van der Waals surface area contributed by atoms with Crippen LogP contribution in [0.3, 0.4) is 0 Å². The van der Waals surface area contributed by atoms with Crippen molar-refractivity contribution in [2.45, 2.75) is 19.8 Å². The van der Waals surface area contributed by atoms with E-state index in [0.29, 0.717) is 22.3 Å². The van der Waals surface area contributed by atoms with E-state index in [1.807, 2.05) is 24.3 Å². The highest BCUT2D eigenvalue weighted by Crippen LogP contribution is 2.32. The van der Waals surface area contributed by atoms with Gasteiger partial charge < -0.3 is 0 Å². The molecule has 0 bridgehead atoms. The highest BCUT2D eigenvalue weighted by molar-refractivity contribution is 6.30. The number of benzene rings is 1. The van der Waals surface area contributed by atoms with Crippen LogP contribution < -0.4 is 0 Å². The molecular formula is C16H14ClN3O. The topological polar surface area (TPSA) is 46.7 Å². The predicted molar refractivity (Wildman–Crippen MR) is 85.2 cm³/mol. The van der Waals surface area contributed by atoms with Crippen molar-refractivity contribution in [1.29, 1.82) is 0 Å². The number of halogens is 1. The van der Waals surface area contributed by atoms with Crippen molar-refractivity contribution < 1.29 is 0 Å². The van der Waals surface area contributed by atoms with Crippen LogP contribution in [0.4, 0.5) is 5.82 Å². The van der Waals surface area contributed by atoms with Crippen LogP contribution in [-0.4, -0.2) is 9.38 Å². The minimum atomic E-state index is 0.268. The molecule has 0 saturated heterocycles. The van der Waals surface area contributed by atoms with Gasteiger partial charge in [-0.2, -0.15) is 0 Å². The normalized spacial score (nSPS) is 11.2. The van der Waals surface area contributed by atoms with Crippen LogP contribution in [0.25, 0.3) is 16.9 Å². The maximum absolute atomic E-state index is 11.2. The first kappa shape index (κ1) is 13.8. The van der Waals surface area contributed by atoms with E-state index < -0.39 is 0 Å². The molecule has 0 spiro atoms. The number of rotatable bonds is 3. The third-order valence-corrected chi connectivity index (χ3v) is 3.72. The fraction of sp³-hybridized carbons (Fsp3) is 0.188. The van der Waals surface area contributed by atoms with E-state index in [0.717, 1.165) is 5.56 Å². The van der Waals surface area contributed by atoms with Gasteiger partial charge in [0.05, 0.1) is 5.02 Å². The van der Waals surface area contributed by atoms with Gasteiger partial charge in [-0.15, -0.1) is 4.91 Å². The van der Waals surface area contributed by atoms with Crippen LogP contribution >= 0.6 is 11.6 Å². The molecule has 0 saturated carbocycles. The molecule has 0 fully saturated rings. The van der Waals surface area contributed by atoms with Crippen LogP contribution in [-0.2, 0) is 0 Å². The van der Waals surface area contributed by atoms with Gasteiger partial charge in [-0.3, -0.25) is 4.40 Å². The lowest BCUT2D eigenvalue weighted by Gasteiger charge is -2.05. The zero-order valence-electron chi connectivity index (χ0n) is 11.7. The number of nitrogens with zero attached hydrogens (tertiary/aromatic N) is 3. The lowest BCUT2D eigenvalue weighted by atomic mass is 10.0. The zero-order chi connectivity index (χ0) is 15.0. The molecule has 0 aliphatic carbocycles. The Hall–Kier alpha value is -2.20. The van der Waals surface area contributed by atoms with E-state index in [1.54, 1.807) is 22.7 Å². The molecule has 21 heavy (non-hydrogen) atoms. The summed E-state index contributed by atoms with van der Waals surface area (Å²) >= 11 is 5.97. The van der Waals surface area contributed by atoms with Gasteiger partial charge in [-0.05, 0) is 28.8 Å². The molecule has 2 aromatic heterocycles. The standard InChI is InChI=1S/C16H14ClN3O/c1-10(2)11-3-5-12(6-4-11)15-16(19-21)20-9-13(17)7-8-14(20)18-15/h3-10H,1-2H3. The quantitative estimate of drug-likeness (QED) is 0.626. The largest absolute Gasteiger partial charge is 0.280 e. The molecule has 3 aromatic rings. The first-order chi connectivity index (χ1) is 10.1. The summed E-state index contributed by atoms with van der Waals surface area (Å²) in [6.45, 7) is 4.28. The van der Waals surface area contributed by atoms with Crippen LogP contribution in [0.2, 0.25) is 5.02 Å². The molecule has 5 heteroatoms. The van der Waals surface area contributed by atoms with E-state index >= 15 is 0 Å². The summed E-state index contributed by atoms with van der Waals surface area (Å²) in [5, 5.41) is 3.66. The molecule has 0 N–H and O–H groups in total. The zero-order valence-corrected chi connectivity index (χ0v) is 12.5. The Morgan fingerprint density at radius 3 is 2.48 bits per heavy atom. The third kappa shape index (κ3) is 2.43. The molecule has 2 heterocycles. The monoisotopic (exact) mass is 299 g/mol. The number of pyridine rings is 1. The summed E-state index contributed by atoms with van der Waals surface area (Å²) in [6, 6.07) is 11.5.